The average Bonchev–Trinajstić information content (AvgIpc) is 2.73. The number of aryl methyl sites for hydroxylation is 1. The number of hydrogen-bond donors (Lipinski definition) is 0. The van der Waals surface area contributed by atoms with Gasteiger partial charge in [0.25, 0.3) is 0 Å². The third-order valence-corrected chi connectivity index (χ3v) is 5.14. The summed E-state index contributed by atoms with van der Waals surface area (Å²) in [7, 11) is 1.61. The first-order valence-electron chi connectivity index (χ1n) is 9.15. The van der Waals surface area contributed by atoms with Crippen molar-refractivity contribution in [3.8, 4) is 22.6 Å². The molecule has 0 unspecified atom stereocenters. The molecule has 0 fully saturated rings. The van der Waals surface area contributed by atoms with Gasteiger partial charge in [0.2, 0.25) is 5.43 Å². The molecule has 0 N–H and O–H groups in total. The van der Waals surface area contributed by atoms with Crippen molar-refractivity contribution in [3.63, 3.8) is 0 Å². The lowest BCUT2D eigenvalue weighted by atomic mass is 10.0. The van der Waals surface area contributed by atoms with E-state index in [9.17, 15) is 4.79 Å². The van der Waals surface area contributed by atoms with Gasteiger partial charge < -0.3 is 13.9 Å². The molecule has 4 aromatic rings. The third kappa shape index (κ3) is 3.84. The van der Waals surface area contributed by atoms with Crippen LogP contribution in [0, 0.1) is 6.92 Å². The molecule has 1 heterocycles. The summed E-state index contributed by atoms with van der Waals surface area (Å²) in [6.07, 6.45) is 0. The van der Waals surface area contributed by atoms with E-state index in [1.165, 1.54) is 0 Å². The van der Waals surface area contributed by atoms with Crippen molar-refractivity contribution in [2.24, 2.45) is 0 Å². The Bertz CT molecular complexity index is 1230. The minimum Gasteiger partial charge on any atom is -0.497 e. The second-order valence-electron chi connectivity index (χ2n) is 6.63. The zero-order valence-electron chi connectivity index (χ0n) is 16.1. The van der Waals surface area contributed by atoms with Gasteiger partial charge in [-0.3, -0.25) is 4.79 Å². The molecule has 0 aliphatic rings. The van der Waals surface area contributed by atoms with Crippen molar-refractivity contribution in [1.82, 2.24) is 0 Å². The molecule has 0 aliphatic carbocycles. The fraction of sp³-hybridized carbons (Fsp3) is 0.125. The Hall–Kier alpha value is -3.24. The largest absolute Gasteiger partial charge is 0.497 e. The number of hydrogen-bond acceptors (Lipinski definition) is 4. The highest BCUT2D eigenvalue weighted by atomic mass is 35.5. The van der Waals surface area contributed by atoms with Crippen molar-refractivity contribution in [2.75, 3.05) is 7.11 Å². The number of benzene rings is 3. The summed E-state index contributed by atoms with van der Waals surface area (Å²) in [5.74, 6) is 1.89. The summed E-state index contributed by atoms with van der Waals surface area (Å²) in [5.41, 5.74) is 2.64. The quantitative estimate of drug-likeness (QED) is 0.407. The molecule has 146 valence electrons. The molecule has 0 amide bonds. The van der Waals surface area contributed by atoms with Gasteiger partial charge in [0.15, 0.2) is 0 Å². The van der Waals surface area contributed by atoms with E-state index in [1.54, 1.807) is 32.2 Å². The van der Waals surface area contributed by atoms with Crippen molar-refractivity contribution in [2.45, 2.75) is 13.5 Å². The van der Waals surface area contributed by atoms with Crippen LogP contribution in [0.25, 0.3) is 22.1 Å². The predicted molar refractivity (Wildman–Crippen MR) is 115 cm³/mol. The van der Waals surface area contributed by atoms with E-state index in [2.05, 4.69) is 0 Å². The Morgan fingerprint density at radius 3 is 2.41 bits per heavy atom. The molecule has 0 bridgehead atoms. The lowest BCUT2D eigenvalue weighted by Crippen LogP contribution is -2.07. The molecule has 0 aliphatic heterocycles. The maximum absolute atomic E-state index is 13.1. The Kier molecular flexibility index (Phi) is 5.28. The Morgan fingerprint density at radius 2 is 1.69 bits per heavy atom. The fourth-order valence-electron chi connectivity index (χ4n) is 3.24. The van der Waals surface area contributed by atoms with Gasteiger partial charge in [-0.25, -0.2) is 0 Å². The predicted octanol–water partition coefficient (Wildman–Crippen LogP) is 6.01. The van der Waals surface area contributed by atoms with Crippen molar-refractivity contribution in [3.05, 3.63) is 93.3 Å². The average molecular weight is 407 g/mol. The fourth-order valence-corrected chi connectivity index (χ4v) is 3.43. The van der Waals surface area contributed by atoms with Gasteiger partial charge >= 0.3 is 0 Å². The molecule has 0 spiro atoms. The highest BCUT2D eigenvalue weighted by Gasteiger charge is 2.14. The van der Waals surface area contributed by atoms with E-state index < -0.39 is 0 Å². The molecular formula is C24H19ClO4. The summed E-state index contributed by atoms with van der Waals surface area (Å²) in [4.78, 5) is 13.1. The van der Waals surface area contributed by atoms with Crippen LogP contribution in [0.1, 0.15) is 11.3 Å². The highest BCUT2D eigenvalue weighted by Crippen LogP contribution is 2.28. The Morgan fingerprint density at radius 1 is 0.966 bits per heavy atom. The van der Waals surface area contributed by atoms with E-state index in [4.69, 9.17) is 25.5 Å². The molecule has 0 radical (unpaired) electrons. The van der Waals surface area contributed by atoms with Gasteiger partial charge in [-0.1, -0.05) is 41.9 Å². The molecule has 5 heteroatoms. The normalized spacial score (nSPS) is 10.9. The van der Waals surface area contributed by atoms with Gasteiger partial charge in [-0.15, -0.1) is 0 Å². The van der Waals surface area contributed by atoms with Gasteiger partial charge in [0, 0.05) is 16.7 Å². The maximum atomic E-state index is 13.1. The molecule has 4 rings (SSSR count). The van der Waals surface area contributed by atoms with E-state index in [-0.39, 0.29) is 5.43 Å². The zero-order valence-corrected chi connectivity index (χ0v) is 16.8. The van der Waals surface area contributed by atoms with E-state index >= 15 is 0 Å². The summed E-state index contributed by atoms with van der Waals surface area (Å²) in [6.45, 7) is 2.12. The SMILES string of the molecule is COc1ccc(-c2c(C)oc3cc(OCc4ccccc4Cl)ccc3c2=O)cc1. The smallest absolute Gasteiger partial charge is 0.200 e. The maximum Gasteiger partial charge on any atom is 0.200 e. The van der Waals surface area contributed by atoms with Crippen LogP contribution in [-0.2, 0) is 6.61 Å². The molecular weight excluding hydrogens is 388 g/mol. The van der Waals surface area contributed by atoms with Gasteiger partial charge in [-0.05, 0) is 42.8 Å². The zero-order chi connectivity index (χ0) is 20.4. The van der Waals surface area contributed by atoms with Crippen molar-refractivity contribution < 1.29 is 13.9 Å². The minimum atomic E-state index is -0.0772. The second-order valence-corrected chi connectivity index (χ2v) is 7.04. The molecule has 0 saturated carbocycles. The monoisotopic (exact) mass is 406 g/mol. The third-order valence-electron chi connectivity index (χ3n) is 4.77. The van der Waals surface area contributed by atoms with Crippen LogP contribution >= 0.6 is 11.6 Å². The molecule has 3 aromatic carbocycles. The van der Waals surface area contributed by atoms with E-state index in [0.717, 1.165) is 16.9 Å². The van der Waals surface area contributed by atoms with Crippen LogP contribution in [0.2, 0.25) is 5.02 Å². The first kappa shape index (κ1) is 19.1. The van der Waals surface area contributed by atoms with E-state index in [0.29, 0.717) is 39.7 Å². The molecule has 0 atom stereocenters. The van der Waals surface area contributed by atoms with Crippen LogP contribution in [-0.4, -0.2) is 7.11 Å². The topological polar surface area (TPSA) is 48.7 Å². The molecule has 4 nitrogen and oxygen atoms in total. The number of methoxy groups -OCH3 is 1. The summed E-state index contributed by atoms with van der Waals surface area (Å²) >= 11 is 6.17. The second kappa shape index (κ2) is 8.02. The van der Waals surface area contributed by atoms with Crippen molar-refractivity contribution >= 4 is 22.6 Å². The lowest BCUT2D eigenvalue weighted by molar-refractivity contribution is 0.306. The highest BCUT2D eigenvalue weighted by molar-refractivity contribution is 6.31. The summed E-state index contributed by atoms with van der Waals surface area (Å²) < 4.78 is 17.0. The Balaban J connectivity index is 1.68. The van der Waals surface area contributed by atoms with Crippen LogP contribution in [0.15, 0.2) is 75.9 Å². The van der Waals surface area contributed by atoms with Crippen LogP contribution < -0.4 is 14.9 Å². The van der Waals surface area contributed by atoms with Gasteiger partial charge in [0.05, 0.1) is 18.1 Å². The minimum absolute atomic E-state index is 0.0772. The molecule has 29 heavy (non-hydrogen) atoms. The first-order valence-corrected chi connectivity index (χ1v) is 9.52. The van der Waals surface area contributed by atoms with Crippen molar-refractivity contribution in [1.29, 1.82) is 0 Å². The Labute approximate surface area is 173 Å². The van der Waals surface area contributed by atoms with Gasteiger partial charge in [-0.2, -0.15) is 0 Å². The summed E-state index contributed by atoms with van der Waals surface area (Å²) in [5, 5.41) is 1.16. The number of halogens is 1. The first-order chi connectivity index (χ1) is 14.1. The van der Waals surface area contributed by atoms with E-state index in [1.807, 2.05) is 48.5 Å². The lowest BCUT2D eigenvalue weighted by Gasteiger charge is -2.10. The molecule has 1 aromatic heterocycles. The van der Waals surface area contributed by atoms with Crippen LogP contribution in [0.5, 0.6) is 11.5 Å². The van der Waals surface area contributed by atoms with Crippen LogP contribution in [0.4, 0.5) is 0 Å². The number of rotatable bonds is 5. The summed E-state index contributed by atoms with van der Waals surface area (Å²) in [6, 6.07) is 20.1. The van der Waals surface area contributed by atoms with Crippen LogP contribution in [0.3, 0.4) is 0 Å². The number of fused-ring (bicyclic) bond motifs is 1. The molecule has 0 saturated heterocycles. The van der Waals surface area contributed by atoms with Gasteiger partial charge in [0.1, 0.15) is 29.4 Å². The number of ether oxygens (including phenoxy) is 2. The standard InChI is InChI=1S/C24H19ClO4/c1-15-23(16-7-9-18(27-2)10-8-16)24(26)20-12-11-19(13-22(20)29-15)28-14-17-5-3-4-6-21(17)25/h3-13H,14H2,1-2H3.